The molecule has 8 nitrogen and oxygen atoms in total. The lowest BCUT2D eigenvalue weighted by atomic mass is 10.0. The summed E-state index contributed by atoms with van der Waals surface area (Å²) in [6.07, 6.45) is 0.885. The third kappa shape index (κ3) is 7.12. The highest BCUT2D eigenvalue weighted by molar-refractivity contribution is 9.10. The molecule has 0 saturated carbocycles. The summed E-state index contributed by atoms with van der Waals surface area (Å²) in [6, 6.07) is 14.6. The zero-order valence-corrected chi connectivity index (χ0v) is 24.1. The molecule has 4 N–H and O–H groups in total. The number of rotatable bonds is 7. The molecule has 2 heterocycles. The molecule has 0 spiro atoms. The summed E-state index contributed by atoms with van der Waals surface area (Å²) in [5, 5.41) is 16.3. The van der Waals surface area contributed by atoms with Gasteiger partial charge in [-0.15, -0.1) is 11.3 Å². The second kappa shape index (κ2) is 11.8. The number of amides is 2. The number of hydrogen-bond donors (Lipinski definition) is 3. The van der Waals surface area contributed by atoms with Gasteiger partial charge in [-0.2, -0.15) is 0 Å². The van der Waals surface area contributed by atoms with E-state index in [4.69, 9.17) is 10.5 Å². The largest absolute Gasteiger partial charge is 0.444 e. The molecular weight excluding hydrogens is 568 g/mol. The van der Waals surface area contributed by atoms with Crippen LogP contribution in [0.1, 0.15) is 56.5 Å². The number of likely N-dealkylation sites (tertiary alicyclic amines) is 1. The highest BCUT2D eigenvalue weighted by Crippen LogP contribution is 2.36. The number of carbonyl (C=O) groups is 2. The lowest BCUT2D eigenvalue weighted by Crippen LogP contribution is -2.47. The highest BCUT2D eigenvalue weighted by atomic mass is 79.9. The molecule has 1 aromatic heterocycles. The van der Waals surface area contributed by atoms with Gasteiger partial charge in [0.2, 0.25) is 5.91 Å². The maximum atomic E-state index is 13.3. The molecule has 0 bridgehead atoms. The van der Waals surface area contributed by atoms with E-state index in [2.05, 4.69) is 26.2 Å². The fraction of sp³-hybridized carbons (Fsp3) is 0.393. The van der Waals surface area contributed by atoms with E-state index in [1.807, 2.05) is 69.3 Å². The standard InChI is InChI=1S/C28H33BrN4O4S/c1-28(2,3)37-27(36)33-20(10-12-23(33)25(35)18-7-5-4-6-8-18)13-17-9-11-22(21(29)14-17)32-24(34)15-19-16-38-26(30)31-19/h4-9,11,14,16,20,23,25,35H,10,12-13,15H2,1-3H3,(H2,30,31)(H,32,34)/t20-,23+,25+/m0/s1. The second-order valence-corrected chi connectivity index (χ2v) is 12.2. The predicted molar refractivity (Wildman–Crippen MR) is 153 cm³/mol. The van der Waals surface area contributed by atoms with Crippen molar-refractivity contribution in [2.75, 3.05) is 11.1 Å². The molecule has 0 radical (unpaired) electrons. The number of benzene rings is 2. The Balaban J connectivity index is 1.48. The van der Waals surface area contributed by atoms with Gasteiger partial charge in [0.15, 0.2) is 5.13 Å². The molecule has 0 aliphatic carbocycles. The first-order valence-electron chi connectivity index (χ1n) is 12.5. The van der Waals surface area contributed by atoms with Gasteiger partial charge in [0.05, 0.1) is 29.9 Å². The molecule has 1 aliphatic rings. The van der Waals surface area contributed by atoms with Crippen LogP contribution in [0.5, 0.6) is 0 Å². The lowest BCUT2D eigenvalue weighted by molar-refractivity contribution is -0.115. The van der Waals surface area contributed by atoms with Crippen LogP contribution in [0.4, 0.5) is 15.6 Å². The van der Waals surface area contributed by atoms with Crippen molar-refractivity contribution in [1.82, 2.24) is 9.88 Å². The van der Waals surface area contributed by atoms with Gasteiger partial charge < -0.3 is 20.9 Å². The Morgan fingerprint density at radius 3 is 2.61 bits per heavy atom. The molecule has 1 saturated heterocycles. The second-order valence-electron chi connectivity index (χ2n) is 10.5. The minimum Gasteiger partial charge on any atom is -0.444 e. The fourth-order valence-electron chi connectivity index (χ4n) is 4.72. The summed E-state index contributed by atoms with van der Waals surface area (Å²) in [7, 11) is 0. The zero-order chi connectivity index (χ0) is 27.4. The van der Waals surface area contributed by atoms with Crippen LogP contribution in [0, 0.1) is 0 Å². The number of nitrogens with one attached hydrogen (secondary N) is 1. The van der Waals surface area contributed by atoms with Crippen molar-refractivity contribution in [3.05, 3.63) is 75.2 Å². The lowest BCUT2D eigenvalue weighted by Gasteiger charge is -2.35. The first kappa shape index (κ1) is 28.1. The van der Waals surface area contributed by atoms with Crippen LogP contribution in [-0.2, 0) is 22.4 Å². The summed E-state index contributed by atoms with van der Waals surface area (Å²) in [4.78, 5) is 31.6. The van der Waals surface area contributed by atoms with Crippen LogP contribution in [0.2, 0.25) is 0 Å². The minimum atomic E-state index is -0.814. The number of aliphatic hydroxyl groups is 1. The number of nitrogens with two attached hydrogens (primary N) is 1. The maximum absolute atomic E-state index is 13.3. The Hall–Kier alpha value is -2.95. The van der Waals surface area contributed by atoms with Crippen LogP contribution < -0.4 is 11.1 Å². The molecule has 3 aromatic rings. The number of ether oxygens (including phenoxy) is 1. The van der Waals surface area contributed by atoms with E-state index >= 15 is 0 Å². The van der Waals surface area contributed by atoms with Crippen LogP contribution in [0.25, 0.3) is 0 Å². The molecule has 202 valence electrons. The molecular formula is C28H33BrN4O4S. The molecule has 1 aliphatic heterocycles. The average molecular weight is 602 g/mol. The molecule has 0 unspecified atom stereocenters. The summed E-state index contributed by atoms with van der Waals surface area (Å²) in [6.45, 7) is 5.52. The number of anilines is 2. The summed E-state index contributed by atoms with van der Waals surface area (Å²) in [5.41, 5.74) is 8.05. The van der Waals surface area contributed by atoms with Gasteiger partial charge in [0, 0.05) is 15.9 Å². The van der Waals surface area contributed by atoms with Crippen molar-refractivity contribution in [2.24, 2.45) is 0 Å². The summed E-state index contributed by atoms with van der Waals surface area (Å²) >= 11 is 4.87. The Labute approximate surface area is 235 Å². The van der Waals surface area contributed by atoms with E-state index in [1.54, 1.807) is 10.3 Å². The third-order valence-corrected chi connectivity index (χ3v) is 7.73. The smallest absolute Gasteiger partial charge is 0.410 e. The number of nitrogen functional groups attached to an aromatic ring is 1. The number of thiazole rings is 1. The van der Waals surface area contributed by atoms with E-state index < -0.39 is 17.8 Å². The van der Waals surface area contributed by atoms with Crippen molar-refractivity contribution < 1.29 is 19.4 Å². The first-order valence-corrected chi connectivity index (χ1v) is 14.2. The van der Waals surface area contributed by atoms with E-state index in [9.17, 15) is 14.7 Å². The number of hydrogen-bond acceptors (Lipinski definition) is 7. The van der Waals surface area contributed by atoms with Gasteiger partial charge >= 0.3 is 6.09 Å². The highest BCUT2D eigenvalue weighted by Gasteiger charge is 2.42. The fourth-order valence-corrected chi connectivity index (χ4v) is 5.80. The minimum absolute atomic E-state index is 0.139. The van der Waals surface area contributed by atoms with Gasteiger partial charge in [-0.1, -0.05) is 36.4 Å². The third-order valence-electron chi connectivity index (χ3n) is 6.35. The number of halogens is 1. The average Bonchev–Trinajstić information content (AvgIpc) is 3.45. The Morgan fingerprint density at radius 2 is 1.97 bits per heavy atom. The van der Waals surface area contributed by atoms with Crippen LogP contribution in [0.3, 0.4) is 0 Å². The topological polar surface area (TPSA) is 118 Å². The molecule has 4 rings (SSSR count). The van der Waals surface area contributed by atoms with Gasteiger partial charge in [0.1, 0.15) is 5.60 Å². The number of aromatic nitrogens is 1. The van der Waals surface area contributed by atoms with Crippen molar-refractivity contribution in [1.29, 1.82) is 0 Å². The van der Waals surface area contributed by atoms with E-state index in [1.165, 1.54) is 11.3 Å². The van der Waals surface area contributed by atoms with Crippen molar-refractivity contribution in [2.45, 2.75) is 70.2 Å². The van der Waals surface area contributed by atoms with Gasteiger partial charge in [-0.05, 0) is 79.2 Å². The Kier molecular flexibility index (Phi) is 8.74. The Bertz CT molecular complexity index is 1280. The van der Waals surface area contributed by atoms with Crippen molar-refractivity contribution in [3.8, 4) is 0 Å². The van der Waals surface area contributed by atoms with Crippen LogP contribution >= 0.6 is 27.3 Å². The molecule has 3 atom stereocenters. The monoisotopic (exact) mass is 600 g/mol. The molecule has 1 fully saturated rings. The van der Waals surface area contributed by atoms with Gasteiger partial charge in [0.25, 0.3) is 0 Å². The quantitative estimate of drug-likeness (QED) is 0.319. The van der Waals surface area contributed by atoms with E-state index in [0.29, 0.717) is 29.4 Å². The summed E-state index contributed by atoms with van der Waals surface area (Å²) < 4.78 is 6.49. The van der Waals surface area contributed by atoms with Crippen LogP contribution in [-0.4, -0.2) is 44.7 Å². The van der Waals surface area contributed by atoms with Crippen molar-refractivity contribution >= 4 is 50.1 Å². The SMILES string of the molecule is CC(C)(C)OC(=O)N1[C@H](Cc2ccc(NC(=O)Cc3csc(N)n3)c(Br)c2)CC[C@@H]1[C@H](O)c1ccccc1. The van der Waals surface area contributed by atoms with E-state index in [0.717, 1.165) is 22.0 Å². The normalized spacial score (nSPS) is 18.3. The van der Waals surface area contributed by atoms with Gasteiger partial charge in [-0.3, -0.25) is 9.69 Å². The zero-order valence-electron chi connectivity index (χ0n) is 21.7. The van der Waals surface area contributed by atoms with Crippen molar-refractivity contribution in [3.63, 3.8) is 0 Å². The number of aliphatic hydroxyl groups excluding tert-OH is 1. The van der Waals surface area contributed by atoms with E-state index in [-0.39, 0.29) is 24.4 Å². The first-order chi connectivity index (χ1) is 18.0. The maximum Gasteiger partial charge on any atom is 0.410 e. The summed E-state index contributed by atoms with van der Waals surface area (Å²) in [5.74, 6) is -0.187. The molecule has 2 aromatic carbocycles. The number of carbonyl (C=O) groups excluding carboxylic acids is 2. The molecule has 38 heavy (non-hydrogen) atoms. The Morgan fingerprint density at radius 1 is 1.24 bits per heavy atom. The van der Waals surface area contributed by atoms with Crippen LogP contribution in [0.15, 0.2) is 58.4 Å². The predicted octanol–water partition coefficient (Wildman–Crippen LogP) is 5.71. The molecule has 10 heteroatoms. The molecule has 2 amide bonds. The van der Waals surface area contributed by atoms with Gasteiger partial charge in [-0.25, -0.2) is 9.78 Å². The number of nitrogens with zero attached hydrogens (tertiary/aromatic N) is 2.